The zero-order chi connectivity index (χ0) is 27.6. The van der Waals surface area contributed by atoms with Gasteiger partial charge >= 0.3 is 6.03 Å². The number of hydrogen-bond acceptors (Lipinski definition) is 6. The summed E-state index contributed by atoms with van der Waals surface area (Å²) in [4.78, 5) is 50.7. The highest BCUT2D eigenvalue weighted by atomic mass is 35.5. The molecule has 4 rings (SSSR count). The molecule has 1 aliphatic rings. The Kier molecular flexibility index (Phi) is 8.13. The molecule has 38 heavy (non-hydrogen) atoms. The smallest absolute Gasteiger partial charge is 0.335 e. The summed E-state index contributed by atoms with van der Waals surface area (Å²) in [6, 6.07) is 11.6. The van der Waals surface area contributed by atoms with Crippen molar-refractivity contribution in [3.8, 4) is 11.5 Å². The van der Waals surface area contributed by atoms with E-state index in [-0.39, 0.29) is 43.4 Å². The quantitative estimate of drug-likeness (QED) is 0.249. The third-order valence-corrected chi connectivity index (χ3v) is 6.39. The second-order valence-electron chi connectivity index (χ2n) is 7.75. The first kappa shape index (κ1) is 27.3. The number of halogens is 4. The molecule has 0 spiro atoms. The molecule has 3 aromatic carbocycles. The number of aromatic hydroxyl groups is 1. The van der Waals surface area contributed by atoms with Crippen molar-refractivity contribution in [2.45, 2.75) is 0 Å². The number of carbonyl (C=O) groups excluding carboxylic acids is 4. The summed E-state index contributed by atoms with van der Waals surface area (Å²) < 4.78 is 5.47. The molecule has 9 nitrogen and oxygen atoms in total. The van der Waals surface area contributed by atoms with E-state index in [0.717, 1.165) is 4.90 Å². The molecule has 1 saturated heterocycles. The Morgan fingerprint density at radius 2 is 1.58 bits per heavy atom. The number of nitrogens with zero attached hydrogens (tertiary/aromatic N) is 1. The van der Waals surface area contributed by atoms with Crippen molar-refractivity contribution in [1.29, 1.82) is 0 Å². The summed E-state index contributed by atoms with van der Waals surface area (Å²) in [6.45, 7) is -0.440. The average molecular weight is 595 g/mol. The predicted molar refractivity (Wildman–Crippen MR) is 144 cm³/mol. The third-order valence-electron chi connectivity index (χ3n) is 5.09. The van der Waals surface area contributed by atoms with Gasteiger partial charge in [-0.25, -0.2) is 9.69 Å². The van der Waals surface area contributed by atoms with Gasteiger partial charge in [0, 0.05) is 5.69 Å². The number of imide groups is 2. The Morgan fingerprint density at radius 1 is 0.921 bits per heavy atom. The van der Waals surface area contributed by atoms with Gasteiger partial charge < -0.3 is 15.2 Å². The van der Waals surface area contributed by atoms with Gasteiger partial charge in [0.1, 0.15) is 11.3 Å². The predicted octanol–water partition coefficient (Wildman–Crippen LogP) is 5.69. The maximum absolute atomic E-state index is 13.0. The molecule has 0 bridgehead atoms. The molecule has 0 aliphatic carbocycles. The number of ether oxygens (including phenoxy) is 1. The minimum Gasteiger partial charge on any atom is -0.508 e. The van der Waals surface area contributed by atoms with Gasteiger partial charge in [-0.1, -0.05) is 46.4 Å². The van der Waals surface area contributed by atoms with Crippen LogP contribution in [0.4, 0.5) is 16.2 Å². The van der Waals surface area contributed by atoms with Crippen LogP contribution in [0.25, 0.3) is 6.08 Å². The van der Waals surface area contributed by atoms with E-state index >= 15 is 0 Å². The summed E-state index contributed by atoms with van der Waals surface area (Å²) in [5.74, 6) is -2.40. The van der Waals surface area contributed by atoms with Crippen LogP contribution in [-0.4, -0.2) is 35.5 Å². The molecule has 1 heterocycles. The van der Waals surface area contributed by atoms with Crippen LogP contribution in [0.2, 0.25) is 20.1 Å². The van der Waals surface area contributed by atoms with E-state index in [4.69, 9.17) is 51.1 Å². The Bertz CT molecular complexity index is 1480. The Hall–Kier alpha value is -3.76. The van der Waals surface area contributed by atoms with Crippen molar-refractivity contribution in [2.75, 3.05) is 16.8 Å². The maximum Gasteiger partial charge on any atom is 0.335 e. The number of benzene rings is 3. The molecule has 0 unspecified atom stereocenters. The van der Waals surface area contributed by atoms with Gasteiger partial charge in [-0.05, 0) is 66.2 Å². The normalized spacial score (nSPS) is 14.5. The molecule has 0 saturated carbocycles. The number of barbiturate groups is 1. The van der Waals surface area contributed by atoms with Crippen LogP contribution in [0.5, 0.6) is 11.5 Å². The van der Waals surface area contributed by atoms with Crippen molar-refractivity contribution in [2.24, 2.45) is 0 Å². The van der Waals surface area contributed by atoms with Crippen LogP contribution in [0, 0.1) is 0 Å². The van der Waals surface area contributed by atoms with Gasteiger partial charge in [0.25, 0.3) is 17.7 Å². The van der Waals surface area contributed by atoms with Gasteiger partial charge in [-0.3, -0.25) is 19.7 Å². The summed E-state index contributed by atoms with van der Waals surface area (Å²) in [5, 5.41) is 14.7. The number of anilines is 2. The summed E-state index contributed by atoms with van der Waals surface area (Å²) in [6.07, 6.45) is 1.20. The van der Waals surface area contributed by atoms with E-state index in [1.807, 2.05) is 0 Å². The van der Waals surface area contributed by atoms with E-state index in [1.54, 1.807) is 6.07 Å². The number of hydrogen-bond donors (Lipinski definition) is 3. The lowest BCUT2D eigenvalue weighted by atomic mass is 10.1. The maximum atomic E-state index is 13.0. The molecule has 194 valence electrons. The van der Waals surface area contributed by atoms with Crippen LogP contribution in [0.15, 0.2) is 60.2 Å². The lowest BCUT2D eigenvalue weighted by Gasteiger charge is -2.26. The monoisotopic (exact) mass is 593 g/mol. The van der Waals surface area contributed by atoms with E-state index in [9.17, 15) is 24.3 Å². The van der Waals surface area contributed by atoms with E-state index < -0.39 is 30.4 Å². The fourth-order valence-corrected chi connectivity index (χ4v) is 4.28. The molecule has 5 amide bonds. The van der Waals surface area contributed by atoms with Crippen LogP contribution < -0.4 is 20.3 Å². The van der Waals surface area contributed by atoms with Gasteiger partial charge in [0.2, 0.25) is 0 Å². The van der Waals surface area contributed by atoms with Crippen molar-refractivity contribution < 1.29 is 29.0 Å². The lowest BCUT2D eigenvalue weighted by molar-refractivity contribution is -0.122. The van der Waals surface area contributed by atoms with E-state index in [2.05, 4.69) is 10.6 Å². The summed E-state index contributed by atoms with van der Waals surface area (Å²) in [7, 11) is 0. The van der Waals surface area contributed by atoms with Gasteiger partial charge in [-0.2, -0.15) is 0 Å². The molecule has 13 heteroatoms. The van der Waals surface area contributed by atoms with Crippen molar-refractivity contribution in [3.63, 3.8) is 0 Å². The van der Waals surface area contributed by atoms with E-state index in [1.165, 1.54) is 54.6 Å². The van der Waals surface area contributed by atoms with Crippen LogP contribution >= 0.6 is 46.4 Å². The fourth-order valence-electron chi connectivity index (χ4n) is 3.37. The Labute approximate surface area is 235 Å². The lowest BCUT2D eigenvalue weighted by Crippen LogP contribution is -2.54. The highest BCUT2D eigenvalue weighted by Crippen LogP contribution is 2.35. The second-order valence-corrected chi connectivity index (χ2v) is 9.38. The number of phenolic OH excluding ortho intramolecular Hbond substituents is 1. The Balaban J connectivity index is 1.51. The molecular formula is C25H15Cl4N3O6. The van der Waals surface area contributed by atoms with Crippen molar-refractivity contribution >= 4 is 87.6 Å². The number of nitrogens with one attached hydrogen (secondary N) is 2. The molecule has 3 N–H and O–H groups in total. The standard InChI is InChI=1S/C25H15Cl4N3O6/c26-17-6-1-13(10-18(17)27)30-21(34)11-38-22-19(28)8-12(9-20(22)29)7-16-23(35)31-25(37)32(24(16)36)14-2-4-15(33)5-3-14/h1-10,33H,11H2,(H,30,34)(H,31,35,37)/b16-7-. The first-order chi connectivity index (χ1) is 18.0. The van der Waals surface area contributed by atoms with E-state index in [0.29, 0.717) is 10.7 Å². The van der Waals surface area contributed by atoms with Gasteiger partial charge in [0.05, 0.1) is 25.8 Å². The number of carbonyl (C=O) groups is 4. The summed E-state index contributed by atoms with van der Waals surface area (Å²) in [5.41, 5.74) is 0.440. The zero-order valence-corrected chi connectivity index (χ0v) is 22.0. The zero-order valence-electron chi connectivity index (χ0n) is 18.9. The molecule has 1 fully saturated rings. The van der Waals surface area contributed by atoms with Crippen LogP contribution in [0.3, 0.4) is 0 Å². The SMILES string of the molecule is O=C(COc1c(Cl)cc(/C=C2/C(=O)NC(=O)N(c3ccc(O)cc3)C2=O)cc1Cl)Nc1ccc(Cl)c(Cl)c1. The second kappa shape index (κ2) is 11.3. The highest BCUT2D eigenvalue weighted by Gasteiger charge is 2.36. The Morgan fingerprint density at radius 3 is 2.21 bits per heavy atom. The third kappa shape index (κ3) is 6.03. The molecule has 1 aliphatic heterocycles. The molecule has 0 radical (unpaired) electrons. The first-order valence-electron chi connectivity index (χ1n) is 10.6. The number of urea groups is 1. The fraction of sp³-hybridized carbons (Fsp3) is 0.0400. The van der Waals surface area contributed by atoms with Gasteiger partial charge in [-0.15, -0.1) is 0 Å². The van der Waals surface area contributed by atoms with Crippen LogP contribution in [0.1, 0.15) is 5.56 Å². The average Bonchev–Trinajstić information content (AvgIpc) is 2.84. The largest absolute Gasteiger partial charge is 0.508 e. The van der Waals surface area contributed by atoms with Crippen LogP contribution in [-0.2, 0) is 14.4 Å². The molecule has 0 atom stereocenters. The highest BCUT2D eigenvalue weighted by molar-refractivity contribution is 6.42. The van der Waals surface area contributed by atoms with Crippen molar-refractivity contribution in [3.05, 3.63) is 85.8 Å². The minimum absolute atomic E-state index is 0.0000849. The number of amides is 5. The van der Waals surface area contributed by atoms with Gasteiger partial charge in [0.15, 0.2) is 12.4 Å². The molecule has 3 aromatic rings. The molecular weight excluding hydrogens is 580 g/mol. The summed E-state index contributed by atoms with van der Waals surface area (Å²) >= 11 is 24.4. The number of phenols is 1. The van der Waals surface area contributed by atoms with Crippen molar-refractivity contribution in [1.82, 2.24) is 5.32 Å². The molecule has 0 aromatic heterocycles. The topological polar surface area (TPSA) is 125 Å². The minimum atomic E-state index is -0.943. The first-order valence-corrected chi connectivity index (χ1v) is 12.1. The number of rotatable bonds is 6.